The Labute approximate surface area is 163 Å². The number of hydrogen-bond donors (Lipinski definition) is 0. The van der Waals surface area contributed by atoms with Crippen LogP contribution in [-0.4, -0.2) is 32.4 Å². The summed E-state index contributed by atoms with van der Waals surface area (Å²) in [6.07, 6.45) is 3.57. The minimum Gasteiger partial charge on any atom is -0.497 e. The van der Waals surface area contributed by atoms with Gasteiger partial charge in [-0.3, -0.25) is 0 Å². The van der Waals surface area contributed by atoms with Gasteiger partial charge in [-0.25, -0.2) is 8.42 Å². The minimum absolute atomic E-state index is 0.0437. The molecule has 1 fully saturated rings. The summed E-state index contributed by atoms with van der Waals surface area (Å²) in [5, 5.41) is 0. The quantitative estimate of drug-likeness (QED) is 0.719. The molecule has 5 heteroatoms. The van der Waals surface area contributed by atoms with E-state index in [1.807, 2.05) is 31.2 Å². The van der Waals surface area contributed by atoms with E-state index in [4.69, 9.17) is 4.74 Å². The van der Waals surface area contributed by atoms with Gasteiger partial charge >= 0.3 is 0 Å². The number of benzene rings is 2. The topological polar surface area (TPSA) is 46.6 Å². The van der Waals surface area contributed by atoms with Crippen LogP contribution in [-0.2, 0) is 10.0 Å². The molecule has 0 aromatic heterocycles. The molecule has 146 valence electrons. The third-order valence-electron chi connectivity index (χ3n) is 5.50. The van der Waals surface area contributed by atoms with E-state index in [2.05, 4.69) is 19.1 Å². The molecular weight excluding hydrogens is 358 g/mol. The number of nitrogens with zero attached hydrogens (tertiary/aromatic N) is 1. The summed E-state index contributed by atoms with van der Waals surface area (Å²) in [5.74, 6) is 1.24. The molecule has 1 heterocycles. The lowest BCUT2D eigenvalue weighted by atomic mass is 9.85. The summed E-state index contributed by atoms with van der Waals surface area (Å²) in [7, 11) is -1.79. The monoisotopic (exact) mass is 387 g/mol. The van der Waals surface area contributed by atoms with Crippen LogP contribution in [0.15, 0.2) is 53.4 Å². The van der Waals surface area contributed by atoms with Crippen molar-refractivity contribution in [2.24, 2.45) is 0 Å². The molecule has 1 aliphatic rings. The maximum absolute atomic E-state index is 13.2. The van der Waals surface area contributed by atoms with E-state index in [1.54, 1.807) is 23.5 Å². The average molecular weight is 388 g/mol. The summed E-state index contributed by atoms with van der Waals surface area (Å²) >= 11 is 0. The molecule has 0 unspecified atom stereocenters. The number of methoxy groups -OCH3 is 1. The van der Waals surface area contributed by atoms with Crippen LogP contribution in [0.1, 0.15) is 49.7 Å². The van der Waals surface area contributed by atoms with Gasteiger partial charge in [0.05, 0.1) is 12.0 Å². The van der Waals surface area contributed by atoms with Gasteiger partial charge in [-0.2, -0.15) is 4.31 Å². The summed E-state index contributed by atoms with van der Waals surface area (Å²) in [4.78, 5) is 0.400. The molecule has 0 radical (unpaired) electrons. The van der Waals surface area contributed by atoms with Gasteiger partial charge in [0.15, 0.2) is 0 Å². The highest BCUT2D eigenvalue weighted by Gasteiger charge is 2.36. The van der Waals surface area contributed by atoms with E-state index in [1.165, 1.54) is 5.56 Å². The predicted octanol–water partition coefficient (Wildman–Crippen LogP) is 4.74. The van der Waals surface area contributed by atoms with Gasteiger partial charge in [0, 0.05) is 12.6 Å². The van der Waals surface area contributed by atoms with Gasteiger partial charge in [0.2, 0.25) is 10.0 Å². The van der Waals surface area contributed by atoms with Crippen LogP contribution in [0.25, 0.3) is 0 Å². The molecule has 1 aliphatic heterocycles. The molecule has 4 nitrogen and oxygen atoms in total. The second-order valence-electron chi connectivity index (χ2n) is 7.37. The third kappa shape index (κ3) is 4.36. The van der Waals surface area contributed by atoms with Crippen LogP contribution in [0.3, 0.4) is 0 Å². The Morgan fingerprint density at radius 1 is 1.07 bits per heavy atom. The highest BCUT2D eigenvalue weighted by Crippen LogP contribution is 2.36. The number of sulfonamides is 1. The van der Waals surface area contributed by atoms with Crippen molar-refractivity contribution in [2.45, 2.75) is 56.4 Å². The van der Waals surface area contributed by atoms with E-state index < -0.39 is 10.0 Å². The lowest BCUT2D eigenvalue weighted by molar-refractivity contribution is 0.219. The molecule has 0 spiro atoms. The molecule has 0 aliphatic carbocycles. The Morgan fingerprint density at radius 2 is 1.74 bits per heavy atom. The standard InChI is InChI=1S/C22H29NO3S/c1-4-5-20-16-19(18-8-10-21(26-3)11-9-18)14-15-23(20)27(24,25)22-12-6-17(2)7-13-22/h6-13,19-20H,4-5,14-16H2,1-3H3/t19-,20+/m1/s1. The van der Waals surface area contributed by atoms with Gasteiger partial charge in [-0.15, -0.1) is 0 Å². The first-order valence-corrected chi connectivity index (χ1v) is 11.1. The zero-order valence-corrected chi connectivity index (χ0v) is 17.2. The first-order valence-electron chi connectivity index (χ1n) is 9.68. The Morgan fingerprint density at radius 3 is 2.33 bits per heavy atom. The summed E-state index contributed by atoms with van der Waals surface area (Å²) in [5.41, 5.74) is 2.33. The van der Waals surface area contributed by atoms with Crippen molar-refractivity contribution in [3.8, 4) is 5.75 Å². The van der Waals surface area contributed by atoms with E-state index in [9.17, 15) is 8.42 Å². The van der Waals surface area contributed by atoms with Crippen molar-refractivity contribution in [1.29, 1.82) is 0 Å². The lowest BCUT2D eigenvalue weighted by Gasteiger charge is -2.39. The van der Waals surface area contributed by atoms with Crippen LogP contribution < -0.4 is 4.74 Å². The largest absolute Gasteiger partial charge is 0.497 e. The number of hydrogen-bond acceptors (Lipinski definition) is 3. The van der Waals surface area contributed by atoms with E-state index in [-0.39, 0.29) is 6.04 Å². The van der Waals surface area contributed by atoms with Crippen LogP contribution in [0.4, 0.5) is 0 Å². The highest BCUT2D eigenvalue weighted by atomic mass is 32.2. The molecule has 2 aromatic rings. The zero-order valence-electron chi connectivity index (χ0n) is 16.4. The first-order chi connectivity index (χ1) is 13.0. The molecule has 0 amide bonds. The molecule has 0 saturated carbocycles. The molecule has 0 N–H and O–H groups in total. The van der Waals surface area contributed by atoms with Crippen molar-refractivity contribution >= 4 is 10.0 Å². The summed E-state index contributed by atoms with van der Waals surface area (Å²) < 4.78 is 33.4. The van der Waals surface area contributed by atoms with Crippen molar-refractivity contribution < 1.29 is 13.2 Å². The van der Waals surface area contributed by atoms with E-state index in [0.29, 0.717) is 17.4 Å². The minimum atomic E-state index is -3.45. The second kappa shape index (κ2) is 8.44. The second-order valence-corrected chi connectivity index (χ2v) is 9.26. The molecule has 0 bridgehead atoms. The van der Waals surface area contributed by atoms with E-state index in [0.717, 1.165) is 37.0 Å². The fraction of sp³-hybridized carbons (Fsp3) is 0.455. The van der Waals surface area contributed by atoms with Crippen LogP contribution in [0, 0.1) is 6.92 Å². The lowest BCUT2D eigenvalue weighted by Crippen LogP contribution is -2.45. The van der Waals surface area contributed by atoms with E-state index >= 15 is 0 Å². The number of ether oxygens (including phenoxy) is 1. The molecule has 3 rings (SSSR count). The van der Waals surface area contributed by atoms with Gasteiger partial charge in [0.25, 0.3) is 0 Å². The predicted molar refractivity (Wildman–Crippen MR) is 109 cm³/mol. The highest BCUT2D eigenvalue weighted by molar-refractivity contribution is 7.89. The normalized spacial score (nSPS) is 21.1. The molecular formula is C22H29NO3S. The number of piperidine rings is 1. The van der Waals surface area contributed by atoms with Crippen LogP contribution in [0.5, 0.6) is 5.75 Å². The Hall–Kier alpha value is -1.85. The van der Waals surface area contributed by atoms with Crippen molar-refractivity contribution in [3.05, 3.63) is 59.7 Å². The summed E-state index contributed by atoms with van der Waals surface area (Å²) in [6, 6.07) is 15.4. The fourth-order valence-electron chi connectivity index (χ4n) is 3.97. The SMILES string of the molecule is CCC[C@H]1C[C@H](c2ccc(OC)cc2)CCN1S(=O)(=O)c1ccc(C)cc1. The van der Waals surface area contributed by atoms with Crippen molar-refractivity contribution in [3.63, 3.8) is 0 Å². The summed E-state index contributed by atoms with van der Waals surface area (Å²) in [6.45, 7) is 4.65. The van der Waals surface area contributed by atoms with Crippen LogP contribution in [0.2, 0.25) is 0 Å². The Balaban J connectivity index is 1.82. The van der Waals surface area contributed by atoms with Gasteiger partial charge in [-0.1, -0.05) is 43.2 Å². The first kappa shape index (κ1) is 19.9. The number of aryl methyl sites for hydroxylation is 1. The van der Waals surface area contributed by atoms with Crippen molar-refractivity contribution in [2.75, 3.05) is 13.7 Å². The zero-order chi connectivity index (χ0) is 19.4. The molecule has 1 saturated heterocycles. The Bertz CT molecular complexity index is 844. The maximum Gasteiger partial charge on any atom is 0.243 e. The average Bonchev–Trinajstić information content (AvgIpc) is 2.68. The van der Waals surface area contributed by atoms with Crippen molar-refractivity contribution in [1.82, 2.24) is 4.31 Å². The smallest absolute Gasteiger partial charge is 0.243 e. The molecule has 2 atom stereocenters. The van der Waals surface area contributed by atoms with Gasteiger partial charge in [-0.05, 0) is 61.9 Å². The molecule has 27 heavy (non-hydrogen) atoms. The third-order valence-corrected chi connectivity index (χ3v) is 7.46. The van der Waals surface area contributed by atoms with Crippen LogP contribution >= 0.6 is 0 Å². The maximum atomic E-state index is 13.2. The number of rotatable bonds is 6. The molecule has 2 aromatic carbocycles. The fourth-order valence-corrected chi connectivity index (χ4v) is 5.65. The Kier molecular flexibility index (Phi) is 6.22. The van der Waals surface area contributed by atoms with Gasteiger partial charge in [0.1, 0.15) is 5.75 Å². The van der Waals surface area contributed by atoms with Gasteiger partial charge < -0.3 is 4.74 Å².